The number of rotatable bonds is 6. The van der Waals surface area contributed by atoms with Gasteiger partial charge in [0.05, 0.1) is 30.2 Å². The van der Waals surface area contributed by atoms with Gasteiger partial charge in [0.25, 0.3) is 5.56 Å². The highest BCUT2D eigenvalue weighted by molar-refractivity contribution is 6.30. The number of alkyl halides is 5. The van der Waals surface area contributed by atoms with Crippen LogP contribution in [-0.2, 0) is 12.7 Å². The van der Waals surface area contributed by atoms with Crippen LogP contribution in [0.3, 0.4) is 0 Å². The van der Waals surface area contributed by atoms with Gasteiger partial charge in [0.2, 0.25) is 5.75 Å². The molecular weight excluding hydrogens is 481 g/mol. The molecule has 15 heteroatoms. The molecule has 3 rings (SSSR count). The van der Waals surface area contributed by atoms with Gasteiger partial charge in [-0.1, -0.05) is 11.6 Å². The summed E-state index contributed by atoms with van der Waals surface area (Å²) in [5.74, 6) is -2.39. The minimum atomic E-state index is -5.08. The molecule has 0 spiro atoms. The lowest BCUT2D eigenvalue weighted by atomic mass is 10.2. The fraction of sp³-hybridized carbons (Fsp3) is 0.167. The van der Waals surface area contributed by atoms with Gasteiger partial charge in [-0.2, -0.15) is 32.3 Å². The Bertz CT molecular complexity index is 1350. The SMILES string of the molecule is N#Cc1cc(Cl)cc(Oc2c(C(F)(F)F)ncn(Cc3cc(OC(F)F)c(=O)[nH]n3)c2=O)c1. The Hall–Kier alpha value is -3.99. The van der Waals surface area contributed by atoms with Gasteiger partial charge in [0, 0.05) is 11.1 Å². The predicted molar refractivity (Wildman–Crippen MR) is 100 cm³/mol. The second-order valence-corrected chi connectivity index (χ2v) is 6.61. The molecule has 2 heterocycles. The van der Waals surface area contributed by atoms with Crippen molar-refractivity contribution >= 4 is 11.6 Å². The van der Waals surface area contributed by atoms with Crippen molar-refractivity contribution in [2.45, 2.75) is 19.3 Å². The first kappa shape index (κ1) is 23.7. The highest BCUT2D eigenvalue weighted by Gasteiger charge is 2.38. The van der Waals surface area contributed by atoms with Gasteiger partial charge in [-0.3, -0.25) is 14.2 Å². The largest absolute Gasteiger partial charge is 0.449 e. The topological polar surface area (TPSA) is 123 Å². The van der Waals surface area contributed by atoms with E-state index in [9.17, 15) is 31.5 Å². The summed E-state index contributed by atoms with van der Waals surface area (Å²) in [5.41, 5.74) is -4.32. The van der Waals surface area contributed by atoms with Crippen molar-refractivity contribution in [3.05, 3.63) is 73.3 Å². The number of nitrogens with zero attached hydrogens (tertiary/aromatic N) is 4. The van der Waals surface area contributed by atoms with E-state index in [-0.39, 0.29) is 22.0 Å². The lowest BCUT2D eigenvalue weighted by molar-refractivity contribution is -0.142. The third-order valence-corrected chi connectivity index (χ3v) is 4.07. The second kappa shape index (κ2) is 9.25. The molecule has 0 fully saturated rings. The van der Waals surface area contributed by atoms with Gasteiger partial charge in [-0.25, -0.2) is 10.1 Å². The summed E-state index contributed by atoms with van der Waals surface area (Å²) >= 11 is 5.81. The van der Waals surface area contributed by atoms with Crippen molar-refractivity contribution in [1.82, 2.24) is 19.7 Å². The first-order valence-electron chi connectivity index (χ1n) is 8.56. The van der Waals surface area contributed by atoms with Crippen molar-refractivity contribution < 1.29 is 31.4 Å². The molecule has 0 aliphatic carbocycles. The van der Waals surface area contributed by atoms with Gasteiger partial charge >= 0.3 is 18.3 Å². The van der Waals surface area contributed by atoms with Crippen LogP contribution in [0.4, 0.5) is 22.0 Å². The molecule has 0 saturated carbocycles. The zero-order chi connectivity index (χ0) is 24.3. The third kappa shape index (κ3) is 5.63. The van der Waals surface area contributed by atoms with Crippen LogP contribution in [0.25, 0.3) is 0 Å². The van der Waals surface area contributed by atoms with Gasteiger partial charge < -0.3 is 9.47 Å². The highest BCUT2D eigenvalue weighted by atomic mass is 35.5. The summed E-state index contributed by atoms with van der Waals surface area (Å²) in [7, 11) is 0. The Morgan fingerprint density at radius 3 is 2.58 bits per heavy atom. The molecule has 0 unspecified atom stereocenters. The Balaban J connectivity index is 2.06. The average Bonchev–Trinajstić information content (AvgIpc) is 2.71. The van der Waals surface area contributed by atoms with Crippen molar-refractivity contribution in [3.63, 3.8) is 0 Å². The number of aromatic nitrogens is 4. The van der Waals surface area contributed by atoms with Crippen LogP contribution in [0.2, 0.25) is 5.02 Å². The number of halogens is 6. The summed E-state index contributed by atoms with van der Waals surface area (Å²) in [6, 6.07) is 5.88. The number of benzene rings is 1. The Morgan fingerprint density at radius 2 is 1.94 bits per heavy atom. The standard InChI is InChI=1S/C18H9ClF5N5O4/c19-9-1-8(5-25)2-11(3-9)32-13-14(18(22,23)24)26-7-29(16(13)31)6-10-4-12(33-17(20)21)15(30)28-27-10/h1-4,7,17H,6H2,(H,28,30). The number of hydrogen-bond donors (Lipinski definition) is 1. The van der Waals surface area contributed by atoms with Gasteiger partial charge in [0.1, 0.15) is 5.75 Å². The predicted octanol–water partition coefficient (Wildman–Crippen LogP) is 3.31. The monoisotopic (exact) mass is 489 g/mol. The first-order valence-corrected chi connectivity index (χ1v) is 8.94. The number of nitriles is 1. The van der Waals surface area contributed by atoms with E-state index < -0.39 is 47.6 Å². The van der Waals surface area contributed by atoms with E-state index in [0.29, 0.717) is 10.9 Å². The molecule has 0 radical (unpaired) electrons. The van der Waals surface area contributed by atoms with Crippen LogP contribution in [0.1, 0.15) is 17.0 Å². The zero-order valence-corrected chi connectivity index (χ0v) is 16.6. The third-order valence-electron chi connectivity index (χ3n) is 3.86. The highest BCUT2D eigenvalue weighted by Crippen LogP contribution is 2.35. The number of aromatic amines is 1. The maximum absolute atomic E-state index is 13.4. The summed E-state index contributed by atoms with van der Waals surface area (Å²) < 4.78 is 74.9. The van der Waals surface area contributed by atoms with Gasteiger partial charge in [0.15, 0.2) is 11.4 Å². The van der Waals surface area contributed by atoms with E-state index >= 15 is 0 Å². The molecule has 0 aliphatic heterocycles. The molecular formula is C18H9ClF5N5O4. The van der Waals surface area contributed by atoms with Crippen LogP contribution in [0.15, 0.2) is 40.2 Å². The van der Waals surface area contributed by atoms with E-state index in [1.54, 1.807) is 6.07 Å². The molecule has 9 nitrogen and oxygen atoms in total. The van der Waals surface area contributed by atoms with Crippen LogP contribution in [0, 0.1) is 11.3 Å². The minimum Gasteiger partial charge on any atom is -0.449 e. The molecule has 0 saturated heterocycles. The van der Waals surface area contributed by atoms with Crippen molar-refractivity contribution in [3.8, 4) is 23.3 Å². The molecule has 0 bridgehead atoms. The summed E-state index contributed by atoms with van der Waals surface area (Å²) in [6.45, 7) is -3.91. The fourth-order valence-electron chi connectivity index (χ4n) is 2.55. The fourth-order valence-corrected chi connectivity index (χ4v) is 2.77. The van der Waals surface area contributed by atoms with Crippen LogP contribution >= 0.6 is 11.6 Å². The first-order chi connectivity index (χ1) is 15.5. The maximum atomic E-state index is 13.4. The van der Waals surface area contributed by atoms with Gasteiger partial charge in [-0.05, 0) is 18.2 Å². The quantitative estimate of drug-likeness (QED) is 0.527. The number of ether oxygens (including phenoxy) is 2. The lowest BCUT2D eigenvalue weighted by Crippen LogP contribution is -2.27. The summed E-state index contributed by atoms with van der Waals surface area (Å²) in [6.07, 6.45) is -4.55. The van der Waals surface area contributed by atoms with Crippen LogP contribution in [0.5, 0.6) is 17.2 Å². The lowest BCUT2D eigenvalue weighted by Gasteiger charge is -2.15. The van der Waals surface area contributed by atoms with Crippen molar-refractivity contribution in [2.24, 2.45) is 0 Å². The molecule has 3 aromatic rings. The molecule has 0 atom stereocenters. The second-order valence-electron chi connectivity index (χ2n) is 6.17. The van der Waals surface area contributed by atoms with Crippen molar-refractivity contribution in [1.29, 1.82) is 5.26 Å². The molecule has 2 aromatic heterocycles. The smallest absolute Gasteiger partial charge is 0.437 e. The maximum Gasteiger partial charge on any atom is 0.437 e. The molecule has 1 aromatic carbocycles. The Kier molecular flexibility index (Phi) is 6.63. The summed E-state index contributed by atoms with van der Waals surface area (Å²) in [5, 5.41) is 14.3. The Labute approximate surface area is 184 Å². The number of hydrogen-bond acceptors (Lipinski definition) is 7. The van der Waals surface area contributed by atoms with Crippen LogP contribution < -0.4 is 20.6 Å². The van der Waals surface area contributed by atoms with E-state index in [1.807, 2.05) is 5.10 Å². The van der Waals surface area contributed by atoms with E-state index in [2.05, 4.69) is 14.8 Å². The normalized spacial score (nSPS) is 11.3. The van der Waals surface area contributed by atoms with E-state index in [4.69, 9.17) is 21.6 Å². The van der Waals surface area contributed by atoms with Crippen molar-refractivity contribution in [2.75, 3.05) is 0 Å². The van der Waals surface area contributed by atoms with E-state index in [0.717, 1.165) is 18.2 Å². The van der Waals surface area contributed by atoms with E-state index in [1.165, 1.54) is 6.07 Å². The molecule has 172 valence electrons. The summed E-state index contributed by atoms with van der Waals surface area (Å²) in [4.78, 5) is 27.5. The zero-order valence-electron chi connectivity index (χ0n) is 15.9. The minimum absolute atomic E-state index is 0.0363. The van der Waals surface area contributed by atoms with Gasteiger partial charge in [-0.15, -0.1) is 0 Å². The number of nitrogens with one attached hydrogen (secondary N) is 1. The number of H-pyrrole nitrogens is 1. The molecule has 0 aliphatic rings. The molecule has 0 amide bonds. The molecule has 33 heavy (non-hydrogen) atoms. The Morgan fingerprint density at radius 1 is 1.21 bits per heavy atom. The molecule has 1 N–H and O–H groups in total. The van der Waals surface area contributed by atoms with Crippen LogP contribution in [-0.4, -0.2) is 26.4 Å². The average molecular weight is 490 g/mol.